The second-order valence-corrected chi connectivity index (χ2v) is 12.3. The number of aliphatic hydroxyl groups excluding tert-OH is 2. The van der Waals surface area contributed by atoms with Gasteiger partial charge in [-0.25, -0.2) is 15.0 Å². The first-order valence-corrected chi connectivity index (χ1v) is 12.4. The molecule has 27 heavy (non-hydrogen) atoms. The molecule has 3 heterocycles. The zero-order valence-electron chi connectivity index (χ0n) is 16.4. The Labute approximate surface area is 160 Å². The summed E-state index contributed by atoms with van der Waals surface area (Å²) >= 11 is 0. The quantitative estimate of drug-likeness (QED) is 0.612. The lowest BCUT2D eigenvalue weighted by atomic mass is 10.0. The summed E-state index contributed by atoms with van der Waals surface area (Å²) in [5.74, 6) is 0.744. The molecule has 1 fully saturated rings. The highest BCUT2D eigenvalue weighted by molar-refractivity contribution is 7.72. The van der Waals surface area contributed by atoms with E-state index in [1.807, 2.05) is 6.92 Å². The lowest BCUT2D eigenvalue weighted by Gasteiger charge is -2.26. The number of rotatable bonds is 7. The number of aromatic nitrogens is 4. The van der Waals surface area contributed by atoms with Crippen molar-refractivity contribution in [3.8, 4) is 0 Å². The lowest BCUT2D eigenvalue weighted by molar-refractivity contribution is -0.0487. The van der Waals surface area contributed by atoms with E-state index < -0.39 is 31.4 Å². The molecule has 3 rings (SSSR count). The number of nitrogens with zero attached hydrogens (tertiary/aromatic N) is 4. The van der Waals surface area contributed by atoms with Crippen LogP contribution in [0.25, 0.3) is 11.2 Å². The summed E-state index contributed by atoms with van der Waals surface area (Å²) in [6, 6.07) is 0. The van der Waals surface area contributed by atoms with Gasteiger partial charge in [-0.1, -0.05) is 13.8 Å². The molecule has 0 aromatic carbocycles. The molecule has 150 valence electrons. The third-order valence-electron chi connectivity index (χ3n) is 4.79. The number of ether oxygens (including phenoxy) is 1. The van der Waals surface area contributed by atoms with Gasteiger partial charge in [0, 0.05) is 6.54 Å². The van der Waals surface area contributed by atoms with Gasteiger partial charge in [0.2, 0.25) is 0 Å². The largest absolute Gasteiger partial charge is 0.388 e. The van der Waals surface area contributed by atoms with Crippen LogP contribution in [0, 0.1) is 5.92 Å². The molecule has 5 atom stereocenters. The minimum Gasteiger partial charge on any atom is -0.388 e. The van der Waals surface area contributed by atoms with Crippen LogP contribution in [0.1, 0.15) is 26.5 Å². The van der Waals surface area contributed by atoms with E-state index in [0.717, 1.165) is 19.1 Å². The Hall–Kier alpha value is -1.47. The molecule has 3 N–H and O–H groups in total. The van der Waals surface area contributed by atoms with E-state index >= 15 is 0 Å². The van der Waals surface area contributed by atoms with Crippen molar-refractivity contribution in [3.05, 3.63) is 12.7 Å². The molecule has 0 spiro atoms. The van der Waals surface area contributed by atoms with Crippen molar-refractivity contribution in [2.45, 2.75) is 44.8 Å². The predicted octanol–water partition coefficient (Wildman–Crippen LogP) is 1.61. The van der Waals surface area contributed by atoms with Gasteiger partial charge >= 0.3 is 0 Å². The molecule has 0 radical (unpaired) electrons. The van der Waals surface area contributed by atoms with E-state index in [9.17, 15) is 10.2 Å². The first-order chi connectivity index (χ1) is 12.7. The van der Waals surface area contributed by atoms with Crippen molar-refractivity contribution in [2.75, 3.05) is 31.4 Å². The number of nitrogens with one attached hydrogen (secondary N) is 1. The number of hydrogen-bond donors (Lipinski definition) is 3. The summed E-state index contributed by atoms with van der Waals surface area (Å²) in [6.45, 7) is 7.93. The fraction of sp³-hybridized carbons (Fsp3) is 0.667. The zero-order valence-corrected chi connectivity index (χ0v) is 17.3. The summed E-state index contributed by atoms with van der Waals surface area (Å²) in [7, 11) is 0. The van der Waals surface area contributed by atoms with Gasteiger partial charge in [0.05, 0.1) is 12.4 Å². The van der Waals surface area contributed by atoms with Crippen LogP contribution in [0.5, 0.6) is 0 Å². The van der Waals surface area contributed by atoms with Crippen molar-refractivity contribution in [3.63, 3.8) is 0 Å². The third kappa shape index (κ3) is 4.19. The molecule has 0 aliphatic carbocycles. The average molecular weight is 395 g/mol. The van der Waals surface area contributed by atoms with Crippen LogP contribution >= 0.6 is 6.89 Å². The summed E-state index contributed by atoms with van der Waals surface area (Å²) in [5, 5.41) is 24.4. The summed E-state index contributed by atoms with van der Waals surface area (Å²) in [4.78, 5) is 13.0. The molecule has 2 aromatic rings. The Morgan fingerprint density at radius 3 is 2.70 bits per heavy atom. The molecule has 2 aromatic heterocycles. The van der Waals surface area contributed by atoms with Gasteiger partial charge in [-0.3, -0.25) is 4.57 Å². The highest BCUT2D eigenvalue weighted by atomic mass is 31.2. The molecular formula is C18H30N5O3P. The first kappa shape index (κ1) is 20.3. The number of imidazole rings is 1. The molecular weight excluding hydrogens is 365 g/mol. The Kier molecular flexibility index (Phi) is 5.91. The van der Waals surface area contributed by atoms with Crippen molar-refractivity contribution in [1.82, 2.24) is 19.5 Å². The molecule has 9 heteroatoms. The normalized spacial score (nSPS) is 27.2. The van der Waals surface area contributed by atoms with Crippen LogP contribution in [0.3, 0.4) is 0 Å². The van der Waals surface area contributed by atoms with Crippen molar-refractivity contribution in [2.24, 2.45) is 5.92 Å². The van der Waals surface area contributed by atoms with Crippen LogP contribution in [0.4, 0.5) is 5.82 Å². The Morgan fingerprint density at radius 1 is 1.30 bits per heavy atom. The van der Waals surface area contributed by atoms with Crippen LogP contribution in [-0.4, -0.2) is 80.4 Å². The van der Waals surface area contributed by atoms with E-state index in [2.05, 4.69) is 46.8 Å². The summed E-state index contributed by atoms with van der Waals surface area (Å²) in [5.41, 5.74) is 1.19. The zero-order chi connectivity index (χ0) is 19.8. The third-order valence-corrected chi connectivity index (χ3v) is 6.36. The minimum atomic E-state index is -1.28. The van der Waals surface area contributed by atoms with Gasteiger partial charge in [0.15, 0.2) is 23.2 Å². The van der Waals surface area contributed by atoms with E-state index in [4.69, 9.17) is 4.74 Å². The van der Waals surface area contributed by atoms with Gasteiger partial charge in [0.25, 0.3) is 0 Å². The average Bonchev–Trinajstić information content (AvgIpc) is 3.14. The molecule has 1 aliphatic heterocycles. The first-order valence-electron chi connectivity index (χ1n) is 9.33. The van der Waals surface area contributed by atoms with Gasteiger partial charge in [-0.05, 0) is 31.8 Å². The Bertz CT molecular complexity index is 836. The summed E-state index contributed by atoms with van der Waals surface area (Å²) in [6.07, 6.45) is 5.93. The maximum Gasteiger partial charge on any atom is 0.167 e. The highest BCUT2D eigenvalue weighted by Gasteiger charge is 2.46. The monoisotopic (exact) mass is 395 g/mol. The number of fused-ring (bicyclic) bond motifs is 1. The molecule has 1 aliphatic rings. The van der Waals surface area contributed by atoms with E-state index in [-0.39, 0.29) is 5.92 Å². The lowest BCUT2D eigenvalue weighted by Crippen LogP contribution is -2.35. The topological polar surface area (TPSA) is 105 Å². The number of hydrogen-bond acceptors (Lipinski definition) is 7. The second kappa shape index (κ2) is 7.87. The van der Waals surface area contributed by atoms with Crippen molar-refractivity contribution in [1.29, 1.82) is 0 Å². The fourth-order valence-corrected chi connectivity index (χ4v) is 5.45. The number of aliphatic hydroxyl groups is 2. The minimum absolute atomic E-state index is 0.0895. The van der Waals surface area contributed by atoms with Crippen LogP contribution < -0.4 is 5.32 Å². The molecule has 0 bridgehead atoms. The highest BCUT2D eigenvalue weighted by Crippen LogP contribution is 2.42. The molecule has 1 saturated heterocycles. The second-order valence-electron chi connectivity index (χ2n) is 8.04. The summed E-state index contributed by atoms with van der Waals surface area (Å²) < 4.78 is 7.78. The maximum atomic E-state index is 10.6. The Balaban J connectivity index is 1.87. The van der Waals surface area contributed by atoms with Crippen molar-refractivity contribution >= 4 is 30.2 Å². The molecule has 1 unspecified atom stereocenters. The molecule has 0 saturated carbocycles. The molecule has 0 amide bonds. The van der Waals surface area contributed by atoms with Gasteiger partial charge < -0.3 is 20.3 Å². The molecule has 8 nitrogen and oxygen atoms in total. The van der Waals surface area contributed by atoms with Gasteiger partial charge in [-0.15, -0.1) is 13.2 Å². The number of anilines is 1. The van der Waals surface area contributed by atoms with Crippen LogP contribution in [-0.2, 0) is 4.74 Å². The predicted molar refractivity (Wildman–Crippen MR) is 110 cm³/mol. The van der Waals surface area contributed by atoms with Crippen molar-refractivity contribution < 1.29 is 14.9 Å². The maximum absolute atomic E-state index is 10.6. The smallest absolute Gasteiger partial charge is 0.167 e. The SMILES string of the molecule is C=P(C)(C)CC(C)[C@H]1O[C@@H](n2cnc3c(NCCC)ncnc32)[C@H](O)[C@@H]1O. The van der Waals surface area contributed by atoms with E-state index in [1.165, 1.54) is 6.33 Å². The van der Waals surface area contributed by atoms with Gasteiger partial charge in [0.1, 0.15) is 18.5 Å². The standard InChI is InChI=1S/C18H30N5O3P/c1-6-7-19-16-12-17(21-9-20-16)23(10-22-12)18-14(25)13(24)15(26-18)11(2)8-27(3,4)5/h9-11,13-15,18,24-25H,3,6-8H2,1-2,4-5H3,(H,19,20,21)/t11?,13-,14+,15+,18+/m0/s1. The van der Waals surface area contributed by atoms with Crippen LogP contribution in [0.15, 0.2) is 12.7 Å². The van der Waals surface area contributed by atoms with E-state index in [1.54, 1.807) is 10.9 Å². The van der Waals surface area contributed by atoms with E-state index in [0.29, 0.717) is 17.0 Å². The Morgan fingerprint density at radius 2 is 2.04 bits per heavy atom. The van der Waals surface area contributed by atoms with Crippen LogP contribution in [0.2, 0.25) is 0 Å². The fourth-order valence-electron chi connectivity index (χ4n) is 3.68. The van der Waals surface area contributed by atoms with Gasteiger partial charge in [-0.2, -0.15) is 0 Å².